The average Bonchev–Trinajstić information content (AvgIpc) is 3.20. The first-order valence-corrected chi connectivity index (χ1v) is 7.84. The maximum atomic E-state index is 12.1. The highest BCUT2D eigenvalue weighted by molar-refractivity contribution is 5.93. The van der Waals surface area contributed by atoms with Gasteiger partial charge in [0.05, 0.1) is 10.5 Å². The summed E-state index contributed by atoms with van der Waals surface area (Å²) in [6.07, 6.45) is 6.56. The van der Waals surface area contributed by atoms with Crippen molar-refractivity contribution in [2.45, 2.75) is 0 Å². The van der Waals surface area contributed by atoms with Crippen molar-refractivity contribution >= 4 is 17.3 Å². The first-order chi connectivity index (χ1) is 12.6. The Hall–Kier alpha value is -3.75. The molecule has 3 aromatic rings. The molecule has 1 aromatic carbocycles. The minimum Gasteiger partial charge on any atom is -0.383 e. The number of carbonyl (C=O) groups is 1. The number of nitrogens with one attached hydrogen (secondary N) is 2. The summed E-state index contributed by atoms with van der Waals surface area (Å²) < 4.78 is 1.75. The fourth-order valence-electron chi connectivity index (χ4n) is 2.25. The van der Waals surface area contributed by atoms with E-state index in [0.717, 1.165) is 5.69 Å². The number of nitrogens with zero attached hydrogens (tertiary/aromatic N) is 4. The summed E-state index contributed by atoms with van der Waals surface area (Å²) in [5, 5.41) is 16.5. The average molecular weight is 352 g/mol. The van der Waals surface area contributed by atoms with Gasteiger partial charge in [-0.2, -0.15) is 0 Å². The van der Waals surface area contributed by atoms with Gasteiger partial charge < -0.3 is 10.6 Å². The number of imidazole rings is 1. The molecule has 2 heterocycles. The van der Waals surface area contributed by atoms with Crippen LogP contribution in [0.15, 0.2) is 61.3 Å². The Morgan fingerprint density at radius 3 is 2.58 bits per heavy atom. The first kappa shape index (κ1) is 17.1. The van der Waals surface area contributed by atoms with Gasteiger partial charge in [-0.15, -0.1) is 0 Å². The van der Waals surface area contributed by atoms with E-state index in [1.165, 1.54) is 18.3 Å². The van der Waals surface area contributed by atoms with E-state index < -0.39 is 4.92 Å². The molecule has 0 fully saturated rings. The van der Waals surface area contributed by atoms with Crippen LogP contribution in [0.5, 0.6) is 0 Å². The van der Waals surface area contributed by atoms with Crippen LogP contribution in [-0.4, -0.2) is 38.5 Å². The van der Waals surface area contributed by atoms with E-state index in [0.29, 0.717) is 24.5 Å². The van der Waals surface area contributed by atoms with Crippen LogP contribution < -0.4 is 10.6 Å². The van der Waals surface area contributed by atoms with Gasteiger partial charge in [-0.25, -0.2) is 9.97 Å². The largest absolute Gasteiger partial charge is 0.383 e. The second-order valence-corrected chi connectivity index (χ2v) is 5.36. The van der Waals surface area contributed by atoms with Gasteiger partial charge >= 0.3 is 0 Å². The van der Waals surface area contributed by atoms with E-state index in [2.05, 4.69) is 20.6 Å². The predicted octanol–water partition coefficient (Wildman–Crippen LogP) is 2.02. The maximum absolute atomic E-state index is 12.1. The molecule has 9 nitrogen and oxygen atoms in total. The zero-order valence-electron chi connectivity index (χ0n) is 13.7. The van der Waals surface area contributed by atoms with Crippen LogP contribution in [0.1, 0.15) is 10.4 Å². The number of hydrogen-bond donors (Lipinski definition) is 2. The highest BCUT2D eigenvalue weighted by Crippen LogP contribution is 2.14. The highest BCUT2D eigenvalue weighted by Gasteiger charge is 2.07. The molecule has 132 valence electrons. The Morgan fingerprint density at radius 2 is 1.96 bits per heavy atom. The Kier molecular flexibility index (Phi) is 5.18. The zero-order valence-corrected chi connectivity index (χ0v) is 13.7. The van der Waals surface area contributed by atoms with Crippen molar-refractivity contribution in [3.63, 3.8) is 0 Å². The number of pyridine rings is 1. The molecule has 1 amide bonds. The SMILES string of the molecule is O=C(NCCNc1ccc([N+](=O)[O-])cc1)c1ccc(-n2ccnc2)nc1. The molecule has 3 rings (SSSR count). The summed E-state index contributed by atoms with van der Waals surface area (Å²) in [5.74, 6) is 0.457. The predicted molar refractivity (Wildman–Crippen MR) is 95.3 cm³/mol. The molecular weight excluding hydrogens is 336 g/mol. The number of non-ortho nitro benzene ring substituents is 1. The molecule has 0 bridgehead atoms. The van der Waals surface area contributed by atoms with E-state index >= 15 is 0 Å². The smallest absolute Gasteiger partial charge is 0.269 e. The molecule has 0 spiro atoms. The summed E-state index contributed by atoms with van der Waals surface area (Å²) in [5.41, 5.74) is 1.25. The van der Waals surface area contributed by atoms with Gasteiger partial charge in [-0.05, 0) is 24.3 Å². The zero-order chi connectivity index (χ0) is 18.4. The lowest BCUT2D eigenvalue weighted by Crippen LogP contribution is -2.28. The van der Waals surface area contributed by atoms with E-state index in [9.17, 15) is 14.9 Å². The van der Waals surface area contributed by atoms with Gasteiger partial charge in [-0.3, -0.25) is 19.5 Å². The van der Waals surface area contributed by atoms with Crippen molar-refractivity contribution in [3.8, 4) is 5.82 Å². The van der Waals surface area contributed by atoms with Crippen LogP contribution in [-0.2, 0) is 0 Å². The maximum Gasteiger partial charge on any atom is 0.269 e. The molecule has 0 aliphatic heterocycles. The molecule has 2 aromatic heterocycles. The van der Waals surface area contributed by atoms with Gasteiger partial charge in [0.1, 0.15) is 12.1 Å². The molecule has 0 aliphatic rings. The lowest BCUT2D eigenvalue weighted by atomic mass is 10.2. The molecule has 9 heteroatoms. The number of benzene rings is 1. The van der Waals surface area contributed by atoms with Gasteiger partial charge in [0.15, 0.2) is 0 Å². The third-order valence-corrected chi connectivity index (χ3v) is 3.60. The fourth-order valence-corrected chi connectivity index (χ4v) is 2.25. The fraction of sp³-hybridized carbons (Fsp3) is 0.118. The molecule has 2 N–H and O–H groups in total. The van der Waals surface area contributed by atoms with E-state index in [-0.39, 0.29) is 11.6 Å². The number of aromatic nitrogens is 3. The number of rotatable bonds is 7. The molecule has 0 radical (unpaired) electrons. The van der Waals surface area contributed by atoms with Crippen LogP contribution in [0.25, 0.3) is 5.82 Å². The number of amides is 1. The summed E-state index contributed by atoms with van der Waals surface area (Å²) in [6, 6.07) is 9.54. The molecule has 0 saturated heterocycles. The molecule has 0 atom stereocenters. The van der Waals surface area contributed by atoms with Crippen molar-refractivity contribution in [1.29, 1.82) is 0 Å². The highest BCUT2D eigenvalue weighted by atomic mass is 16.6. The van der Waals surface area contributed by atoms with Crippen molar-refractivity contribution in [1.82, 2.24) is 19.9 Å². The standard InChI is InChI=1S/C17H16N6O3/c24-17(13-1-6-16(21-11-13)22-10-9-18-12-22)20-8-7-19-14-2-4-15(5-3-14)23(25)26/h1-6,9-12,19H,7-8H2,(H,20,24). The van der Waals surface area contributed by atoms with Gasteiger partial charge in [0.2, 0.25) is 0 Å². The van der Waals surface area contributed by atoms with Crippen LogP contribution in [0.3, 0.4) is 0 Å². The Labute approximate surface area is 148 Å². The molecular formula is C17H16N6O3. The van der Waals surface area contributed by atoms with E-state index in [1.807, 2.05) is 0 Å². The third kappa shape index (κ3) is 4.20. The van der Waals surface area contributed by atoms with Crippen LogP contribution in [0.2, 0.25) is 0 Å². The van der Waals surface area contributed by atoms with Crippen LogP contribution in [0, 0.1) is 10.1 Å². The number of nitro groups is 1. The monoisotopic (exact) mass is 352 g/mol. The van der Waals surface area contributed by atoms with Crippen molar-refractivity contribution in [2.24, 2.45) is 0 Å². The lowest BCUT2D eigenvalue weighted by molar-refractivity contribution is -0.384. The Bertz CT molecular complexity index is 876. The number of anilines is 1. The molecule has 0 saturated carbocycles. The minimum atomic E-state index is -0.448. The van der Waals surface area contributed by atoms with E-state index in [4.69, 9.17) is 0 Å². The molecule has 0 unspecified atom stereocenters. The summed E-state index contributed by atoms with van der Waals surface area (Å²) in [6.45, 7) is 0.892. The number of hydrogen-bond acceptors (Lipinski definition) is 6. The molecule has 26 heavy (non-hydrogen) atoms. The number of carbonyl (C=O) groups excluding carboxylic acids is 1. The van der Waals surface area contributed by atoms with Gasteiger partial charge in [0.25, 0.3) is 11.6 Å². The minimum absolute atomic E-state index is 0.0375. The second kappa shape index (κ2) is 7.88. The Balaban J connectivity index is 1.46. The third-order valence-electron chi connectivity index (χ3n) is 3.60. The second-order valence-electron chi connectivity index (χ2n) is 5.36. The summed E-state index contributed by atoms with van der Waals surface area (Å²) in [7, 11) is 0. The normalized spacial score (nSPS) is 10.3. The quantitative estimate of drug-likeness (QED) is 0.382. The van der Waals surface area contributed by atoms with Crippen molar-refractivity contribution < 1.29 is 9.72 Å². The Morgan fingerprint density at radius 1 is 1.15 bits per heavy atom. The molecule has 0 aliphatic carbocycles. The van der Waals surface area contributed by atoms with Gasteiger partial charge in [0, 0.05) is 49.5 Å². The van der Waals surface area contributed by atoms with E-state index in [1.54, 1.807) is 47.6 Å². The van der Waals surface area contributed by atoms with Crippen molar-refractivity contribution in [3.05, 3.63) is 77.0 Å². The van der Waals surface area contributed by atoms with Crippen LogP contribution in [0.4, 0.5) is 11.4 Å². The van der Waals surface area contributed by atoms with Crippen LogP contribution >= 0.6 is 0 Å². The summed E-state index contributed by atoms with van der Waals surface area (Å²) in [4.78, 5) is 30.4. The lowest BCUT2D eigenvalue weighted by Gasteiger charge is -2.08. The first-order valence-electron chi connectivity index (χ1n) is 7.84. The number of nitro benzene ring substituents is 1. The topological polar surface area (TPSA) is 115 Å². The summed E-state index contributed by atoms with van der Waals surface area (Å²) >= 11 is 0. The van der Waals surface area contributed by atoms with Crippen molar-refractivity contribution in [2.75, 3.05) is 18.4 Å². The van der Waals surface area contributed by atoms with Gasteiger partial charge in [-0.1, -0.05) is 0 Å².